The molecular formula is C21H30O3. The van der Waals surface area contributed by atoms with E-state index in [4.69, 9.17) is 4.74 Å². The lowest BCUT2D eigenvalue weighted by molar-refractivity contribution is -0.134. The standard InChI is InChI=1S/C21H30O3/c1-4-5-6-7-8-9-11-18(12-10-13-21(22)24-3)19-14-16-20(23-2)17-15-19/h10,12-17H,4-9,11H2,1-3H3. The summed E-state index contributed by atoms with van der Waals surface area (Å²) in [7, 11) is 3.05. The molecule has 0 spiro atoms. The molecular weight excluding hydrogens is 300 g/mol. The number of carbonyl (C=O) groups excluding carboxylic acids is 1. The molecule has 0 unspecified atom stereocenters. The highest BCUT2D eigenvalue weighted by Gasteiger charge is 2.02. The van der Waals surface area contributed by atoms with E-state index in [0.717, 1.165) is 18.6 Å². The third kappa shape index (κ3) is 8.00. The largest absolute Gasteiger partial charge is 0.497 e. The highest BCUT2D eigenvalue weighted by Crippen LogP contribution is 2.24. The number of hydrogen-bond acceptors (Lipinski definition) is 3. The van der Waals surface area contributed by atoms with Crippen molar-refractivity contribution in [2.45, 2.75) is 51.9 Å². The van der Waals surface area contributed by atoms with Crippen LogP contribution in [0.15, 0.2) is 42.5 Å². The van der Waals surface area contributed by atoms with Crippen LogP contribution in [0.5, 0.6) is 5.75 Å². The van der Waals surface area contributed by atoms with Crippen molar-refractivity contribution in [1.29, 1.82) is 0 Å². The van der Waals surface area contributed by atoms with Crippen LogP contribution in [-0.4, -0.2) is 20.2 Å². The molecule has 132 valence electrons. The predicted molar refractivity (Wildman–Crippen MR) is 100 cm³/mol. The van der Waals surface area contributed by atoms with Crippen molar-refractivity contribution in [3.63, 3.8) is 0 Å². The first-order chi connectivity index (χ1) is 11.7. The zero-order valence-electron chi connectivity index (χ0n) is 15.2. The lowest BCUT2D eigenvalue weighted by Crippen LogP contribution is -1.93. The van der Waals surface area contributed by atoms with Crippen molar-refractivity contribution < 1.29 is 14.3 Å². The molecule has 1 aromatic carbocycles. The van der Waals surface area contributed by atoms with Gasteiger partial charge in [0.15, 0.2) is 0 Å². The Morgan fingerprint density at radius 1 is 1.00 bits per heavy atom. The summed E-state index contributed by atoms with van der Waals surface area (Å²) in [6.07, 6.45) is 13.8. The monoisotopic (exact) mass is 330 g/mol. The summed E-state index contributed by atoms with van der Waals surface area (Å²) in [6.45, 7) is 2.23. The summed E-state index contributed by atoms with van der Waals surface area (Å²) >= 11 is 0. The minimum absolute atomic E-state index is 0.333. The summed E-state index contributed by atoms with van der Waals surface area (Å²) < 4.78 is 9.85. The van der Waals surface area contributed by atoms with Crippen LogP contribution in [-0.2, 0) is 9.53 Å². The van der Waals surface area contributed by atoms with E-state index in [-0.39, 0.29) is 5.97 Å². The number of allylic oxidation sites excluding steroid dienone is 3. The van der Waals surface area contributed by atoms with Gasteiger partial charge in [-0.05, 0) is 36.1 Å². The molecule has 0 saturated carbocycles. The minimum Gasteiger partial charge on any atom is -0.497 e. The first kappa shape index (κ1) is 20.0. The second-order valence-electron chi connectivity index (χ2n) is 5.82. The Kier molecular flexibility index (Phi) is 10.3. The van der Waals surface area contributed by atoms with Crippen molar-refractivity contribution in [1.82, 2.24) is 0 Å². The van der Waals surface area contributed by atoms with Crippen molar-refractivity contribution in [3.8, 4) is 5.75 Å². The average Bonchev–Trinajstić information content (AvgIpc) is 2.63. The van der Waals surface area contributed by atoms with Crippen molar-refractivity contribution in [2.24, 2.45) is 0 Å². The van der Waals surface area contributed by atoms with Gasteiger partial charge >= 0.3 is 5.97 Å². The maximum atomic E-state index is 11.2. The Morgan fingerprint density at radius 2 is 1.67 bits per heavy atom. The third-order valence-corrected chi connectivity index (χ3v) is 3.99. The molecule has 1 aromatic rings. The Bertz CT molecular complexity index is 527. The van der Waals surface area contributed by atoms with Gasteiger partial charge in [0.1, 0.15) is 5.75 Å². The molecule has 0 atom stereocenters. The van der Waals surface area contributed by atoms with E-state index in [1.807, 2.05) is 18.2 Å². The van der Waals surface area contributed by atoms with E-state index in [0.29, 0.717) is 0 Å². The van der Waals surface area contributed by atoms with Crippen LogP contribution in [0.25, 0.3) is 5.57 Å². The smallest absolute Gasteiger partial charge is 0.330 e. The zero-order chi connectivity index (χ0) is 17.6. The van der Waals surface area contributed by atoms with Gasteiger partial charge in [0.05, 0.1) is 14.2 Å². The van der Waals surface area contributed by atoms with Crippen LogP contribution in [0.2, 0.25) is 0 Å². The lowest BCUT2D eigenvalue weighted by Gasteiger charge is -2.09. The quantitative estimate of drug-likeness (QED) is 0.231. The summed E-state index contributed by atoms with van der Waals surface area (Å²) in [5.41, 5.74) is 2.40. The van der Waals surface area contributed by atoms with Gasteiger partial charge in [0, 0.05) is 6.08 Å². The molecule has 0 fully saturated rings. The van der Waals surface area contributed by atoms with Crippen LogP contribution >= 0.6 is 0 Å². The molecule has 0 saturated heterocycles. The molecule has 0 amide bonds. The van der Waals surface area contributed by atoms with Gasteiger partial charge in [-0.25, -0.2) is 4.79 Å². The zero-order valence-corrected chi connectivity index (χ0v) is 15.2. The normalized spacial score (nSPS) is 11.7. The lowest BCUT2D eigenvalue weighted by atomic mass is 9.98. The van der Waals surface area contributed by atoms with Crippen LogP contribution < -0.4 is 4.74 Å². The number of rotatable bonds is 11. The maximum absolute atomic E-state index is 11.2. The van der Waals surface area contributed by atoms with E-state index in [1.54, 1.807) is 13.2 Å². The molecule has 0 aliphatic rings. The topological polar surface area (TPSA) is 35.5 Å². The van der Waals surface area contributed by atoms with Crippen molar-refractivity contribution in [2.75, 3.05) is 14.2 Å². The fraction of sp³-hybridized carbons (Fsp3) is 0.476. The fourth-order valence-corrected chi connectivity index (χ4v) is 2.54. The fourth-order valence-electron chi connectivity index (χ4n) is 2.54. The summed E-state index contributed by atoms with van der Waals surface area (Å²) in [5.74, 6) is 0.516. The highest BCUT2D eigenvalue weighted by molar-refractivity contribution is 5.82. The number of esters is 1. The second-order valence-corrected chi connectivity index (χ2v) is 5.82. The molecule has 0 N–H and O–H groups in total. The molecule has 0 aliphatic heterocycles. The third-order valence-electron chi connectivity index (χ3n) is 3.99. The van der Waals surface area contributed by atoms with Crippen molar-refractivity contribution >= 4 is 11.5 Å². The summed E-state index contributed by atoms with van der Waals surface area (Å²) in [5, 5.41) is 0. The predicted octanol–water partition coefficient (Wildman–Crippen LogP) is 5.56. The molecule has 0 aliphatic carbocycles. The summed E-state index contributed by atoms with van der Waals surface area (Å²) in [4.78, 5) is 11.2. The van der Waals surface area contributed by atoms with Gasteiger partial charge < -0.3 is 9.47 Å². The second kappa shape index (κ2) is 12.4. The molecule has 3 heteroatoms. The van der Waals surface area contributed by atoms with Gasteiger partial charge in [0.2, 0.25) is 0 Å². The molecule has 0 bridgehead atoms. The summed E-state index contributed by atoms with van der Waals surface area (Å²) in [6, 6.07) is 8.06. The van der Waals surface area contributed by atoms with Gasteiger partial charge in [-0.3, -0.25) is 0 Å². The maximum Gasteiger partial charge on any atom is 0.330 e. The Hall–Kier alpha value is -2.03. The van der Waals surface area contributed by atoms with E-state index >= 15 is 0 Å². The average molecular weight is 330 g/mol. The highest BCUT2D eigenvalue weighted by atomic mass is 16.5. The van der Waals surface area contributed by atoms with E-state index in [9.17, 15) is 4.79 Å². The number of unbranched alkanes of at least 4 members (excludes halogenated alkanes) is 5. The number of benzene rings is 1. The molecule has 3 nitrogen and oxygen atoms in total. The van der Waals surface area contributed by atoms with Gasteiger partial charge in [-0.15, -0.1) is 0 Å². The van der Waals surface area contributed by atoms with Crippen LogP contribution in [0, 0.1) is 0 Å². The number of carbonyl (C=O) groups is 1. The van der Waals surface area contributed by atoms with Crippen LogP contribution in [0.4, 0.5) is 0 Å². The van der Waals surface area contributed by atoms with E-state index in [1.165, 1.54) is 56.4 Å². The first-order valence-electron chi connectivity index (χ1n) is 8.80. The molecule has 0 heterocycles. The molecule has 0 radical (unpaired) electrons. The van der Waals surface area contributed by atoms with Crippen molar-refractivity contribution in [3.05, 3.63) is 48.1 Å². The molecule has 0 aromatic heterocycles. The molecule has 1 rings (SSSR count). The first-order valence-corrected chi connectivity index (χ1v) is 8.80. The Labute approximate surface area is 146 Å². The van der Waals surface area contributed by atoms with Crippen LogP contribution in [0.1, 0.15) is 57.4 Å². The SMILES string of the molecule is CCCCCCCCC(=CC=CC(=O)OC)c1ccc(OC)cc1. The van der Waals surface area contributed by atoms with Gasteiger partial charge in [-0.2, -0.15) is 0 Å². The Morgan fingerprint density at radius 3 is 2.29 bits per heavy atom. The van der Waals surface area contributed by atoms with E-state index in [2.05, 4.69) is 23.8 Å². The van der Waals surface area contributed by atoms with Gasteiger partial charge in [0.25, 0.3) is 0 Å². The van der Waals surface area contributed by atoms with E-state index < -0.39 is 0 Å². The number of hydrogen-bond donors (Lipinski definition) is 0. The van der Waals surface area contributed by atoms with Gasteiger partial charge in [-0.1, -0.05) is 63.3 Å². The number of methoxy groups -OCH3 is 2. The molecule has 24 heavy (non-hydrogen) atoms. The van der Waals surface area contributed by atoms with Crippen LogP contribution in [0.3, 0.4) is 0 Å². The minimum atomic E-state index is -0.333. The Balaban J connectivity index is 2.69. The number of ether oxygens (including phenoxy) is 2.